The van der Waals surface area contributed by atoms with Crippen molar-refractivity contribution in [3.05, 3.63) is 0 Å². The van der Waals surface area contributed by atoms with E-state index in [0.29, 0.717) is 0 Å². The third-order valence-electron chi connectivity index (χ3n) is 0. The monoisotopic (exact) mass is 213 g/mol. The Kier molecular flexibility index (Phi) is 220. The zero-order chi connectivity index (χ0) is 0. The summed E-state index contributed by atoms with van der Waals surface area (Å²) in [7, 11) is 0. The van der Waals surface area contributed by atoms with Gasteiger partial charge >= 0.3 is 17.6 Å². The van der Waals surface area contributed by atoms with Crippen LogP contribution in [0.3, 0.4) is 0 Å². The van der Waals surface area contributed by atoms with Crippen LogP contribution in [0.25, 0.3) is 0 Å². The molecule has 0 fully saturated rings. The largest absolute Gasteiger partial charge is 4.00 e. The number of hydrogen-bond donors (Lipinski definition) is 0. The van der Waals surface area contributed by atoms with Crippen LogP contribution in [0.15, 0.2) is 0 Å². The molecule has 4 heavy (non-hydrogen) atoms. The van der Waals surface area contributed by atoms with Gasteiger partial charge in [0.05, 0.1) is 0 Å². The van der Waals surface area contributed by atoms with Crippen LogP contribution in [0, 0.1) is 0 Å². The maximum absolute atomic E-state index is 0. The van der Waals surface area contributed by atoms with Crippen LogP contribution in [0.1, 0.15) is 0 Å². The zero-order valence-electron chi connectivity index (χ0n) is 1.76. The fraction of sp³-hybridized carbons (Fsp3) is 0. The minimum atomic E-state index is 0. The molecule has 3 radical (unpaired) electrons. The Morgan fingerprint density at radius 2 is 0.750 bits per heavy atom. The molecule has 0 aliphatic heterocycles. The Hall–Kier alpha value is 1.80. The van der Waals surface area contributed by atoms with Crippen LogP contribution < -0.4 is 0 Å². The molecule has 0 saturated heterocycles. The first-order valence-corrected chi connectivity index (χ1v) is 0. The molecule has 0 aromatic rings. The molecule has 0 aliphatic rings. The Bertz CT molecular complexity index is 6.00. The topological polar surface area (TPSA) is 0 Å². The smallest absolute Gasteiger partial charge is 2.00 e. The number of hydrogen-bond acceptors (Lipinski definition) is 0. The second kappa shape index (κ2) is 21.4. The standard InChI is InChI=1S/As.Ge.2S/q;+4;2*-2. The molecule has 0 unspecified atom stereocenters. The molecular weight excluding hydrogens is 212 g/mol. The van der Waals surface area contributed by atoms with Crippen molar-refractivity contribution in [2.75, 3.05) is 0 Å². The molecular formula is AsGeS2. The molecule has 0 saturated carbocycles. The van der Waals surface area contributed by atoms with E-state index < -0.39 is 0 Å². The molecule has 0 N–H and O–H groups in total. The molecule has 4 heteroatoms. The van der Waals surface area contributed by atoms with E-state index in [-0.39, 0.29) is 62.5 Å². The summed E-state index contributed by atoms with van der Waals surface area (Å²) in [5.74, 6) is 0. The van der Waals surface area contributed by atoms with E-state index in [4.69, 9.17) is 0 Å². The van der Waals surface area contributed by atoms with E-state index in [0.717, 1.165) is 0 Å². The minimum absolute atomic E-state index is 0. The molecule has 0 rings (SSSR count). The Labute approximate surface area is 62.3 Å². The van der Waals surface area contributed by atoms with Crippen LogP contribution in [0.4, 0.5) is 0 Å². The average Bonchev–Trinajstić information content (AvgIpc) is 0. The van der Waals surface area contributed by atoms with Gasteiger partial charge in [0.25, 0.3) is 0 Å². The summed E-state index contributed by atoms with van der Waals surface area (Å²) in [6.07, 6.45) is 0. The summed E-state index contributed by atoms with van der Waals surface area (Å²) in [4.78, 5) is 0. The summed E-state index contributed by atoms with van der Waals surface area (Å²) >= 11 is 0. The average molecular weight is 212 g/mol. The van der Waals surface area contributed by atoms with Gasteiger partial charge in [-0.15, -0.1) is 0 Å². The van der Waals surface area contributed by atoms with Crippen LogP contribution in [0.2, 0.25) is 0 Å². The molecule has 0 atom stereocenters. The van der Waals surface area contributed by atoms with Crippen molar-refractivity contribution in [2.24, 2.45) is 0 Å². The van der Waals surface area contributed by atoms with E-state index in [1.54, 1.807) is 0 Å². The number of rotatable bonds is 0. The Morgan fingerprint density at radius 1 is 0.750 bits per heavy atom. The van der Waals surface area contributed by atoms with Gasteiger partial charge in [0.2, 0.25) is 0 Å². The van der Waals surface area contributed by atoms with Gasteiger partial charge in [-0.2, -0.15) is 0 Å². The van der Waals surface area contributed by atoms with Crippen molar-refractivity contribution in [3.63, 3.8) is 0 Å². The third-order valence-corrected chi connectivity index (χ3v) is 0. The molecule has 0 heterocycles. The summed E-state index contributed by atoms with van der Waals surface area (Å²) in [5.41, 5.74) is 0. The molecule has 0 bridgehead atoms. The first-order chi connectivity index (χ1) is 0. The van der Waals surface area contributed by atoms with Crippen LogP contribution >= 0.6 is 0 Å². The summed E-state index contributed by atoms with van der Waals surface area (Å²) in [6.45, 7) is 0. The Morgan fingerprint density at radius 3 is 0.750 bits per heavy atom. The predicted molar refractivity (Wildman–Crippen MR) is 26.2 cm³/mol. The third kappa shape index (κ3) is 9.19. The summed E-state index contributed by atoms with van der Waals surface area (Å²) < 4.78 is 0. The van der Waals surface area contributed by atoms with Gasteiger partial charge in [-0.05, 0) is 0 Å². The Balaban J connectivity index is 0. The summed E-state index contributed by atoms with van der Waals surface area (Å²) in [5, 5.41) is 0. The van der Waals surface area contributed by atoms with Crippen molar-refractivity contribution in [2.45, 2.75) is 0 Å². The van der Waals surface area contributed by atoms with E-state index in [2.05, 4.69) is 0 Å². The normalized spacial score (nSPS) is 0. The fourth-order valence-electron chi connectivity index (χ4n) is 0. The van der Waals surface area contributed by atoms with Gasteiger partial charge in [0.1, 0.15) is 0 Å². The molecule has 0 spiro atoms. The van der Waals surface area contributed by atoms with Crippen molar-refractivity contribution in [1.82, 2.24) is 0 Å². The summed E-state index contributed by atoms with van der Waals surface area (Å²) in [6, 6.07) is 0. The molecule has 0 aliphatic carbocycles. The van der Waals surface area contributed by atoms with Crippen LogP contribution in [-0.2, 0) is 27.0 Å². The van der Waals surface area contributed by atoms with Crippen LogP contribution in [-0.4, -0.2) is 35.6 Å². The molecule has 0 nitrogen and oxygen atoms in total. The van der Waals surface area contributed by atoms with Crippen LogP contribution in [0.5, 0.6) is 0 Å². The second-order valence-electron chi connectivity index (χ2n) is 0. The maximum Gasteiger partial charge on any atom is 4.00 e. The fourth-order valence-corrected chi connectivity index (χ4v) is 0. The van der Waals surface area contributed by atoms with Gasteiger partial charge in [0, 0.05) is 18.0 Å². The van der Waals surface area contributed by atoms with Gasteiger partial charge < -0.3 is 27.0 Å². The molecule has 0 aromatic heterocycles. The predicted octanol–water partition coefficient (Wildman–Crippen LogP) is -0.766. The van der Waals surface area contributed by atoms with Gasteiger partial charge in [-0.3, -0.25) is 0 Å². The van der Waals surface area contributed by atoms with E-state index in [1.165, 1.54) is 0 Å². The minimum Gasteiger partial charge on any atom is -2.00 e. The van der Waals surface area contributed by atoms with Crippen molar-refractivity contribution < 1.29 is 0 Å². The SMILES string of the molecule is [As].[Ge+4].[S-2].[S-2]. The second-order valence-corrected chi connectivity index (χ2v) is 0. The van der Waals surface area contributed by atoms with Crippen molar-refractivity contribution in [1.29, 1.82) is 0 Å². The van der Waals surface area contributed by atoms with E-state index in [1.807, 2.05) is 0 Å². The van der Waals surface area contributed by atoms with E-state index >= 15 is 0 Å². The maximum atomic E-state index is 0. The van der Waals surface area contributed by atoms with Gasteiger partial charge in [-0.1, -0.05) is 0 Å². The van der Waals surface area contributed by atoms with E-state index in [9.17, 15) is 0 Å². The van der Waals surface area contributed by atoms with Gasteiger partial charge in [-0.25, -0.2) is 0 Å². The zero-order valence-corrected chi connectivity index (χ0v) is 7.37. The first-order valence-electron chi connectivity index (χ1n) is 0. The molecule has 21 valence electrons. The van der Waals surface area contributed by atoms with Crippen molar-refractivity contribution in [3.8, 4) is 0 Å². The first kappa shape index (κ1) is 41.2. The quantitative estimate of drug-likeness (QED) is 0.462. The van der Waals surface area contributed by atoms with Gasteiger partial charge in [0.15, 0.2) is 0 Å². The molecule has 0 amide bonds. The van der Waals surface area contributed by atoms with Crippen molar-refractivity contribution >= 4 is 62.5 Å². The molecule has 0 aromatic carbocycles.